The zero-order valence-electron chi connectivity index (χ0n) is 13.1. The van der Waals surface area contributed by atoms with E-state index in [1.54, 1.807) is 0 Å². The van der Waals surface area contributed by atoms with E-state index >= 15 is 0 Å². The fourth-order valence-corrected chi connectivity index (χ4v) is 1.82. The predicted octanol–water partition coefficient (Wildman–Crippen LogP) is 2.08. The van der Waals surface area contributed by atoms with E-state index in [-0.39, 0.29) is 18.1 Å². The number of aryl methyl sites for hydroxylation is 1. The summed E-state index contributed by atoms with van der Waals surface area (Å²) in [5.41, 5.74) is 0.969. The number of aliphatic hydroxyl groups is 1. The molecular formula is C16H26N2O3. The minimum Gasteiger partial charge on any atom is -0.491 e. The van der Waals surface area contributed by atoms with Crippen molar-refractivity contribution >= 4 is 6.03 Å². The van der Waals surface area contributed by atoms with Gasteiger partial charge < -0.3 is 20.5 Å². The van der Waals surface area contributed by atoms with Crippen LogP contribution < -0.4 is 15.4 Å². The highest BCUT2D eigenvalue weighted by Crippen LogP contribution is 2.17. The average molecular weight is 294 g/mol. The Morgan fingerprint density at radius 1 is 1.29 bits per heavy atom. The van der Waals surface area contributed by atoms with Crippen molar-refractivity contribution in [2.45, 2.75) is 27.2 Å². The fourth-order valence-electron chi connectivity index (χ4n) is 1.82. The maximum absolute atomic E-state index is 11.6. The second-order valence-electron chi connectivity index (χ2n) is 5.86. The van der Waals surface area contributed by atoms with E-state index in [1.807, 2.05) is 45.0 Å². The molecule has 0 aliphatic rings. The molecule has 0 radical (unpaired) electrons. The molecule has 0 heterocycles. The first kappa shape index (κ1) is 17.3. The summed E-state index contributed by atoms with van der Waals surface area (Å²) >= 11 is 0. The molecule has 1 aromatic carbocycles. The number of amides is 2. The summed E-state index contributed by atoms with van der Waals surface area (Å²) in [6, 6.07) is 7.56. The molecule has 5 heteroatoms. The van der Waals surface area contributed by atoms with Crippen molar-refractivity contribution in [3.63, 3.8) is 0 Å². The molecule has 0 aliphatic heterocycles. The molecule has 0 aromatic heterocycles. The zero-order chi connectivity index (χ0) is 15.7. The van der Waals surface area contributed by atoms with Gasteiger partial charge >= 0.3 is 6.03 Å². The third-order valence-corrected chi connectivity index (χ3v) is 3.25. The molecule has 0 saturated heterocycles. The van der Waals surface area contributed by atoms with E-state index in [4.69, 9.17) is 9.84 Å². The largest absolute Gasteiger partial charge is 0.491 e. The molecule has 118 valence electrons. The van der Waals surface area contributed by atoms with E-state index in [0.717, 1.165) is 11.3 Å². The average Bonchev–Trinajstić information content (AvgIpc) is 2.43. The van der Waals surface area contributed by atoms with Crippen LogP contribution in [-0.4, -0.2) is 37.4 Å². The van der Waals surface area contributed by atoms with Gasteiger partial charge in [-0.15, -0.1) is 0 Å². The van der Waals surface area contributed by atoms with E-state index in [9.17, 15) is 4.79 Å². The van der Waals surface area contributed by atoms with Crippen molar-refractivity contribution in [2.75, 3.05) is 26.3 Å². The number of urea groups is 1. The maximum Gasteiger partial charge on any atom is 0.314 e. The normalized spacial score (nSPS) is 11.0. The van der Waals surface area contributed by atoms with Crippen LogP contribution in [0.5, 0.6) is 5.75 Å². The van der Waals surface area contributed by atoms with Crippen molar-refractivity contribution < 1.29 is 14.6 Å². The van der Waals surface area contributed by atoms with Gasteiger partial charge in [-0.05, 0) is 30.4 Å². The van der Waals surface area contributed by atoms with Gasteiger partial charge in [0, 0.05) is 13.2 Å². The topological polar surface area (TPSA) is 70.6 Å². The number of hydrogen-bond donors (Lipinski definition) is 3. The molecular weight excluding hydrogens is 268 g/mol. The molecule has 2 amide bonds. The molecule has 0 bridgehead atoms. The van der Waals surface area contributed by atoms with E-state index < -0.39 is 0 Å². The van der Waals surface area contributed by atoms with E-state index in [1.165, 1.54) is 0 Å². The highest BCUT2D eigenvalue weighted by Gasteiger charge is 2.17. The SMILES string of the molecule is Cc1ccccc1OCCNC(=O)NCC(C)(C)CCO. The van der Waals surface area contributed by atoms with Crippen LogP contribution >= 0.6 is 0 Å². The molecule has 0 spiro atoms. The molecule has 21 heavy (non-hydrogen) atoms. The maximum atomic E-state index is 11.6. The van der Waals surface area contributed by atoms with Gasteiger partial charge in [0.1, 0.15) is 12.4 Å². The van der Waals surface area contributed by atoms with Gasteiger partial charge in [0.15, 0.2) is 0 Å². The standard InChI is InChI=1S/C16H26N2O3/c1-13-6-4-5-7-14(13)21-11-9-17-15(20)18-12-16(2,3)8-10-19/h4-7,19H,8-12H2,1-3H3,(H2,17,18,20). The Morgan fingerprint density at radius 3 is 2.67 bits per heavy atom. The molecule has 1 rings (SSSR count). The first-order chi connectivity index (χ1) is 9.94. The molecule has 0 atom stereocenters. The summed E-state index contributed by atoms with van der Waals surface area (Å²) in [4.78, 5) is 11.6. The van der Waals surface area contributed by atoms with E-state index in [0.29, 0.717) is 26.1 Å². The number of aliphatic hydroxyl groups excluding tert-OH is 1. The molecule has 1 aromatic rings. The lowest BCUT2D eigenvalue weighted by Crippen LogP contribution is -2.42. The molecule has 0 aliphatic carbocycles. The zero-order valence-corrected chi connectivity index (χ0v) is 13.1. The number of nitrogens with one attached hydrogen (secondary N) is 2. The molecule has 0 unspecified atom stereocenters. The van der Waals surface area contributed by atoms with Gasteiger partial charge in [-0.3, -0.25) is 0 Å². The third kappa shape index (κ3) is 6.99. The van der Waals surface area contributed by atoms with E-state index in [2.05, 4.69) is 10.6 Å². The quantitative estimate of drug-likeness (QED) is 0.643. The fraction of sp³-hybridized carbons (Fsp3) is 0.562. The lowest BCUT2D eigenvalue weighted by atomic mass is 9.90. The number of carbonyl (C=O) groups is 1. The van der Waals surface area contributed by atoms with Gasteiger partial charge in [0.05, 0.1) is 6.54 Å². The minimum absolute atomic E-state index is 0.107. The van der Waals surface area contributed by atoms with Crippen LogP contribution in [0.1, 0.15) is 25.8 Å². The van der Waals surface area contributed by atoms with Crippen molar-refractivity contribution in [3.05, 3.63) is 29.8 Å². The number of hydrogen-bond acceptors (Lipinski definition) is 3. The van der Waals surface area contributed by atoms with Crippen molar-refractivity contribution in [2.24, 2.45) is 5.41 Å². The van der Waals surface area contributed by atoms with Crippen molar-refractivity contribution in [1.29, 1.82) is 0 Å². The van der Waals surface area contributed by atoms with Crippen LogP contribution in [0, 0.1) is 12.3 Å². The summed E-state index contributed by atoms with van der Waals surface area (Å²) in [7, 11) is 0. The number of para-hydroxylation sites is 1. The van der Waals surface area contributed by atoms with Gasteiger partial charge in [-0.2, -0.15) is 0 Å². The van der Waals surface area contributed by atoms with Crippen LogP contribution in [0.25, 0.3) is 0 Å². The Balaban J connectivity index is 2.18. The Bertz CT molecular complexity index is 447. The smallest absolute Gasteiger partial charge is 0.314 e. The van der Waals surface area contributed by atoms with Crippen LogP contribution in [0.3, 0.4) is 0 Å². The Hall–Kier alpha value is -1.75. The number of benzene rings is 1. The highest BCUT2D eigenvalue weighted by atomic mass is 16.5. The molecule has 3 N–H and O–H groups in total. The number of carbonyl (C=O) groups excluding carboxylic acids is 1. The van der Waals surface area contributed by atoms with Gasteiger partial charge in [-0.25, -0.2) is 4.79 Å². The predicted molar refractivity (Wildman–Crippen MR) is 83.6 cm³/mol. The minimum atomic E-state index is -0.214. The van der Waals surface area contributed by atoms with Crippen LogP contribution in [0.4, 0.5) is 4.79 Å². The molecule has 0 saturated carbocycles. The second kappa shape index (κ2) is 8.52. The van der Waals surface area contributed by atoms with Crippen LogP contribution in [0.2, 0.25) is 0 Å². The van der Waals surface area contributed by atoms with Crippen molar-refractivity contribution in [1.82, 2.24) is 10.6 Å². The summed E-state index contributed by atoms with van der Waals surface area (Å²) < 4.78 is 5.60. The highest BCUT2D eigenvalue weighted by molar-refractivity contribution is 5.73. The number of ether oxygens (including phenoxy) is 1. The van der Waals surface area contributed by atoms with Crippen LogP contribution in [-0.2, 0) is 0 Å². The van der Waals surface area contributed by atoms with Gasteiger partial charge in [0.25, 0.3) is 0 Å². The Labute approximate surface area is 126 Å². The summed E-state index contributed by atoms with van der Waals surface area (Å²) in [6.07, 6.45) is 0.656. The monoisotopic (exact) mass is 294 g/mol. The summed E-state index contributed by atoms with van der Waals surface area (Å²) in [5.74, 6) is 0.837. The second-order valence-corrected chi connectivity index (χ2v) is 5.86. The first-order valence-corrected chi connectivity index (χ1v) is 7.25. The Morgan fingerprint density at radius 2 is 2.00 bits per heavy atom. The Kier molecular flexibility index (Phi) is 7.02. The lowest BCUT2D eigenvalue weighted by Gasteiger charge is -2.23. The van der Waals surface area contributed by atoms with Crippen LogP contribution in [0.15, 0.2) is 24.3 Å². The number of rotatable bonds is 8. The van der Waals surface area contributed by atoms with Crippen molar-refractivity contribution in [3.8, 4) is 5.75 Å². The summed E-state index contributed by atoms with van der Waals surface area (Å²) in [5, 5.41) is 14.5. The lowest BCUT2D eigenvalue weighted by molar-refractivity contribution is 0.200. The third-order valence-electron chi connectivity index (χ3n) is 3.25. The molecule has 0 fully saturated rings. The van der Waals surface area contributed by atoms with Gasteiger partial charge in [-0.1, -0.05) is 32.0 Å². The summed E-state index contributed by atoms with van der Waals surface area (Å²) in [6.45, 7) is 7.52. The molecule has 5 nitrogen and oxygen atoms in total. The first-order valence-electron chi connectivity index (χ1n) is 7.25. The van der Waals surface area contributed by atoms with Gasteiger partial charge in [0.2, 0.25) is 0 Å².